The molecule has 2 rings (SSSR count). The van der Waals surface area contributed by atoms with E-state index in [2.05, 4.69) is 26.5 Å². The van der Waals surface area contributed by atoms with Crippen molar-refractivity contribution in [1.29, 1.82) is 0 Å². The summed E-state index contributed by atoms with van der Waals surface area (Å²) in [5, 5.41) is 0. The van der Waals surface area contributed by atoms with E-state index in [1.807, 2.05) is 19.1 Å². The van der Waals surface area contributed by atoms with Gasteiger partial charge in [-0.15, -0.1) is 0 Å². The van der Waals surface area contributed by atoms with Crippen molar-refractivity contribution in [2.24, 2.45) is 0 Å². The highest BCUT2D eigenvalue weighted by atomic mass is 32.2. The first-order valence-electron chi connectivity index (χ1n) is 8.02. The normalized spacial score (nSPS) is 18.3. The quantitative estimate of drug-likeness (QED) is 0.782. The third-order valence-corrected chi connectivity index (χ3v) is 5.10. The van der Waals surface area contributed by atoms with Crippen LogP contribution in [-0.4, -0.2) is 52.2 Å². The van der Waals surface area contributed by atoms with Crippen LogP contribution < -0.4 is 9.44 Å². The van der Waals surface area contributed by atoms with Crippen LogP contribution in [0.1, 0.15) is 31.0 Å². The molecular formula is C16H27N3O3S. The molecule has 7 heteroatoms. The first-order chi connectivity index (χ1) is 10.9. The minimum atomic E-state index is -3.49. The fraction of sp³-hybridized carbons (Fsp3) is 0.625. The van der Waals surface area contributed by atoms with Crippen molar-refractivity contribution in [3.8, 4) is 0 Å². The predicted octanol–water partition coefficient (Wildman–Crippen LogP) is 1.20. The lowest BCUT2D eigenvalue weighted by Crippen LogP contribution is -2.47. The molecule has 1 saturated heterocycles. The largest absolute Gasteiger partial charge is 0.379 e. The third-order valence-electron chi connectivity index (χ3n) is 3.77. The van der Waals surface area contributed by atoms with Crippen molar-refractivity contribution in [2.45, 2.75) is 32.9 Å². The summed E-state index contributed by atoms with van der Waals surface area (Å²) in [6, 6.07) is 8.10. The molecule has 1 aliphatic rings. The van der Waals surface area contributed by atoms with Gasteiger partial charge in [-0.3, -0.25) is 4.90 Å². The fourth-order valence-electron chi connectivity index (χ4n) is 2.76. The molecule has 1 aromatic carbocycles. The second-order valence-electron chi connectivity index (χ2n) is 6.20. The summed E-state index contributed by atoms with van der Waals surface area (Å²) in [4.78, 5) is 2.27. The topological polar surface area (TPSA) is 70.7 Å². The van der Waals surface area contributed by atoms with Crippen LogP contribution in [0.2, 0.25) is 0 Å². The molecule has 1 fully saturated rings. The molecule has 0 aromatic heterocycles. The van der Waals surface area contributed by atoms with Crippen LogP contribution in [0.4, 0.5) is 0 Å². The molecule has 130 valence electrons. The first kappa shape index (κ1) is 18.4. The number of ether oxygens (including phenoxy) is 1. The minimum Gasteiger partial charge on any atom is -0.379 e. The molecule has 1 unspecified atom stereocenters. The van der Waals surface area contributed by atoms with Crippen molar-refractivity contribution in [1.82, 2.24) is 14.3 Å². The van der Waals surface area contributed by atoms with E-state index in [1.165, 1.54) is 5.56 Å². The van der Waals surface area contributed by atoms with Gasteiger partial charge in [-0.2, -0.15) is 13.1 Å². The molecule has 1 heterocycles. The van der Waals surface area contributed by atoms with Gasteiger partial charge < -0.3 is 4.74 Å². The van der Waals surface area contributed by atoms with Gasteiger partial charge in [0.05, 0.1) is 13.2 Å². The fourth-order valence-corrected chi connectivity index (χ4v) is 3.85. The Balaban J connectivity index is 2.13. The first-order valence-corrected chi connectivity index (χ1v) is 9.51. The highest BCUT2D eigenvalue weighted by molar-refractivity contribution is 7.87. The number of nitrogens with one attached hydrogen (secondary N) is 2. The second kappa shape index (κ2) is 8.21. The van der Waals surface area contributed by atoms with Crippen LogP contribution >= 0.6 is 0 Å². The summed E-state index contributed by atoms with van der Waals surface area (Å²) in [5.74, 6) is 0. The van der Waals surface area contributed by atoms with Gasteiger partial charge in [-0.1, -0.05) is 29.8 Å². The molecule has 0 spiro atoms. The Kier molecular flexibility index (Phi) is 6.55. The number of hydrogen-bond donors (Lipinski definition) is 2. The average Bonchev–Trinajstić information content (AvgIpc) is 2.47. The van der Waals surface area contributed by atoms with Crippen molar-refractivity contribution >= 4 is 10.2 Å². The van der Waals surface area contributed by atoms with Gasteiger partial charge in [0.25, 0.3) is 10.2 Å². The van der Waals surface area contributed by atoms with Crippen molar-refractivity contribution in [3.63, 3.8) is 0 Å². The molecule has 23 heavy (non-hydrogen) atoms. The van der Waals surface area contributed by atoms with Gasteiger partial charge in [0.15, 0.2) is 0 Å². The van der Waals surface area contributed by atoms with Crippen LogP contribution in [0.5, 0.6) is 0 Å². The Labute approximate surface area is 139 Å². The van der Waals surface area contributed by atoms with Gasteiger partial charge in [0, 0.05) is 31.7 Å². The van der Waals surface area contributed by atoms with Gasteiger partial charge in [0.1, 0.15) is 0 Å². The molecule has 0 bridgehead atoms. The number of nitrogens with zero attached hydrogens (tertiary/aromatic N) is 1. The molecule has 0 radical (unpaired) electrons. The third kappa shape index (κ3) is 5.86. The Morgan fingerprint density at radius 1 is 1.26 bits per heavy atom. The van der Waals surface area contributed by atoms with E-state index in [9.17, 15) is 8.42 Å². The van der Waals surface area contributed by atoms with Crippen molar-refractivity contribution in [2.75, 3.05) is 32.8 Å². The maximum Gasteiger partial charge on any atom is 0.277 e. The summed E-state index contributed by atoms with van der Waals surface area (Å²) >= 11 is 0. The zero-order chi connectivity index (χ0) is 16.9. The van der Waals surface area contributed by atoms with Crippen LogP contribution in [0.3, 0.4) is 0 Å². The number of hydrogen-bond acceptors (Lipinski definition) is 4. The van der Waals surface area contributed by atoms with E-state index in [0.717, 1.165) is 18.7 Å². The Morgan fingerprint density at radius 3 is 2.57 bits per heavy atom. The Morgan fingerprint density at radius 2 is 1.96 bits per heavy atom. The lowest BCUT2D eigenvalue weighted by atomic mass is 10.0. The summed E-state index contributed by atoms with van der Waals surface area (Å²) in [5.41, 5.74) is 2.29. The zero-order valence-corrected chi connectivity index (χ0v) is 14.9. The van der Waals surface area contributed by atoms with Gasteiger partial charge in [-0.05, 0) is 26.3 Å². The van der Waals surface area contributed by atoms with E-state index >= 15 is 0 Å². The maximum absolute atomic E-state index is 12.1. The van der Waals surface area contributed by atoms with Crippen LogP contribution in [-0.2, 0) is 14.9 Å². The van der Waals surface area contributed by atoms with E-state index in [4.69, 9.17) is 4.74 Å². The molecule has 1 atom stereocenters. The molecule has 1 aromatic rings. The van der Waals surface area contributed by atoms with Crippen LogP contribution in [0.25, 0.3) is 0 Å². The predicted molar refractivity (Wildman–Crippen MR) is 91.5 cm³/mol. The lowest BCUT2D eigenvalue weighted by Gasteiger charge is -2.35. The van der Waals surface area contributed by atoms with Gasteiger partial charge >= 0.3 is 0 Å². The zero-order valence-electron chi connectivity index (χ0n) is 14.1. The SMILES string of the molecule is Cc1cccc(C(CNS(=O)(=O)NC(C)C)N2CCOCC2)c1. The summed E-state index contributed by atoms with van der Waals surface area (Å²) in [7, 11) is -3.49. The van der Waals surface area contributed by atoms with Crippen molar-refractivity contribution in [3.05, 3.63) is 35.4 Å². The van der Waals surface area contributed by atoms with Gasteiger partial charge in [0.2, 0.25) is 0 Å². The molecular weight excluding hydrogens is 314 g/mol. The van der Waals surface area contributed by atoms with Crippen LogP contribution in [0.15, 0.2) is 24.3 Å². The van der Waals surface area contributed by atoms with E-state index in [-0.39, 0.29) is 12.1 Å². The van der Waals surface area contributed by atoms with Crippen molar-refractivity contribution < 1.29 is 13.2 Å². The summed E-state index contributed by atoms with van der Waals surface area (Å²) in [6.07, 6.45) is 0. The molecule has 2 N–H and O–H groups in total. The van der Waals surface area contributed by atoms with Gasteiger partial charge in [-0.25, -0.2) is 4.72 Å². The average molecular weight is 341 g/mol. The number of benzene rings is 1. The van der Waals surface area contributed by atoms with E-state index < -0.39 is 10.2 Å². The maximum atomic E-state index is 12.1. The molecule has 0 aliphatic carbocycles. The number of aryl methyl sites for hydroxylation is 1. The van der Waals surface area contributed by atoms with E-state index in [0.29, 0.717) is 19.8 Å². The molecule has 1 aliphatic heterocycles. The molecule has 0 saturated carbocycles. The smallest absolute Gasteiger partial charge is 0.277 e. The minimum absolute atomic E-state index is 0.00235. The standard InChI is InChI=1S/C16H27N3O3S/c1-13(2)18-23(20,21)17-12-16(19-7-9-22-10-8-19)15-6-4-5-14(3)11-15/h4-6,11,13,16-18H,7-10,12H2,1-3H3. The Hall–Kier alpha value is -0.990. The van der Waals surface area contributed by atoms with E-state index in [1.54, 1.807) is 13.8 Å². The van der Waals surface area contributed by atoms with Crippen LogP contribution in [0, 0.1) is 6.92 Å². The second-order valence-corrected chi connectivity index (χ2v) is 7.73. The summed E-state index contributed by atoms with van der Waals surface area (Å²) in [6.45, 7) is 8.96. The Bertz CT molecular complexity index is 598. The number of morpholine rings is 1. The highest BCUT2D eigenvalue weighted by Gasteiger charge is 2.24. The molecule has 6 nitrogen and oxygen atoms in total. The highest BCUT2D eigenvalue weighted by Crippen LogP contribution is 2.22. The lowest BCUT2D eigenvalue weighted by molar-refractivity contribution is 0.0172. The monoisotopic (exact) mass is 341 g/mol. The number of rotatable bonds is 7. The summed E-state index contributed by atoms with van der Waals surface area (Å²) < 4.78 is 34.8. The molecule has 0 amide bonds.